The molecule has 42 heavy (non-hydrogen) atoms. The van der Waals surface area contributed by atoms with Gasteiger partial charge in [0.2, 0.25) is 0 Å². The van der Waals surface area contributed by atoms with Crippen LogP contribution in [0.5, 0.6) is 0 Å². The summed E-state index contributed by atoms with van der Waals surface area (Å²) >= 11 is 1.70. The lowest BCUT2D eigenvalue weighted by atomic mass is 9.93. The Morgan fingerprint density at radius 1 is 1.10 bits per heavy atom. The lowest BCUT2D eigenvalue weighted by Crippen LogP contribution is -2.47. The molecule has 0 amide bonds. The minimum absolute atomic E-state index is 0.206. The highest BCUT2D eigenvalue weighted by Gasteiger charge is 2.34. The van der Waals surface area contributed by atoms with Crippen LogP contribution in [0.1, 0.15) is 41.6 Å². The number of carbonyl (C=O) groups excluding carboxylic acids is 1. The Labute approximate surface area is 250 Å². The second-order valence-electron chi connectivity index (χ2n) is 11.7. The van der Waals surface area contributed by atoms with Crippen molar-refractivity contribution in [1.82, 2.24) is 19.7 Å². The first-order chi connectivity index (χ1) is 20.4. The predicted molar refractivity (Wildman–Crippen MR) is 168 cm³/mol. The minimum atomic E-state index is -0.206. The van der Waals surface area contributed by atoms with Crippen molar-refractivity contribution in [3.05, 3.63) is 70.9 Å². The summed E-state index contributed by atoms with van der Waals surface area (Å²) in [6.45, 7) is 10.2. The second kappa shape index (κ2) is 10.9. The summed E-state index contributed by atoms with van der Waals surface area (Å²) in [5, 5.41) is 7.20. The van der Waals surface area contributed by atoms with Gasteiger partial charge in [-0.25, -0.2) is 4.98 Å². The molecule has 0 bridgehead atoms. The molecule has 216 valence electrons. The number of benzene rings is 3. The van der Waals surface area contributed by atoms with Gasteiger partial charge in [0.05, 0.1) is 53.7 Å². The number of esters is 1. The molecule has 0 spiro atoms. The molecular formula is C34H36N4O3S. The lowest BCUT2D eigenvalue weighted by Gasteiger charge is -2.34. The monoisotopic (exact) mass is 580 g/mol. The molecule has 0 saturated carbocycles. The molecule has 8 heteroatoms. The van der Waals surface area contributed by atoms with E-state index in [4.69, 9.17) is 19.6 Å². The van der Waals surface area contributed by atoms with Gasteiger partial charge in [0.1, 0.15) is 5.01 Å². The highest BCUT2D eigenvalue weighted by molar-refractivity contribution is 7.22. The number of likely N-dealkylation sites (tertiary alicyclic amines) is 1. The van der Waals surface area contributed by atoms with E-state index in [0.29, 0.717) is 18.6 Å². The van der Waals surface area contributed by atoms with E-state index < -0.39 is 0 Å². The molecule has 2 fully saturated rings. The molecule has 2 aromatic heterocycles. The van der Waals surface area contributed by atoms with E-state index in [1.165, 1.54) is 16.6 Å². The smallest absolute Gasteiger partial charge is 0.310 e. The molecule has 2 aliphatic rings. The second-order valence-corrected chi connectivity index (χ2v) is 12.7. The number of fused-ring (bicyclic) bond motifs is 2. The van der Waals surface area contributed by atoms with Crippen molar-refractivity contribution in [2.45, 2.75) is 45.6 Å². The normalized spacial score (nSPS) is 17.8. The Hall–Kier alpha value is -3.59. The third-order valence-corrected chi connectivity index (χ3v) is 9.98. The SMILES string of the molecule is CCOC(=O)Cc1c(C)cc2nc(-c3ccc4c(c3)c(C3CCN(C5COC5)C3)nn4C)sc2c1-c1ccc(C)cc1. The summed E-state index contributed by atoms with van der Waals surface area (Å²) in [6.07, 6.45) is 1.36. The van der Waals surface area contributed by atoms with Crippen LogP contribution in [0.15, 0.2) is 48.5 Å². The van der Waals surface area contributed by atoms with E-state index >= 15 is 0 Å². The highest BCUT2D eigenvalue weighted by Crippen LogP contribution is 2.42. The lowest BCUT2D eigenvalue weighted by molar-refractivity contribution is -0.142. The van der Waals surface area contributed by atoms with Crippen molar-refractivity contribution in [1.29, 1.82) is 0 Å². The molecule has 7 rings (SSSR count). The Morgan fingerprint density at radius 3 is 2.62 bits per heavy atom. The van der Waals surface area contributed by atoms with Gasteiger partial charge in [0.15, 0.2) is 0 Å². The largest absolute Gasteiger partial charge is 0.466 e. The third kappa shape index (κ3) is 4.81. The first-order valence-corrected chi connectivity index (χ1v) is 15.7. The van der Waals surface area contributed by atoms with E-state index in [0.717, 1.165) is 81.3 Å². The summed E-state index contributed by atoms with van der Waals surface area (Å²) in [7, 11) is 2.04. The van der Waals surface area contributed by atoms with E-state index in [2.05, 4.69) is 67.3 Å². The summed E-state index contributed by atoms with van der Waals surface area (Å²) in [5.41, 5.74) is 9.82. The Kier molecular flexibility index (Phi) is 7.08. The van der Waals surface area contributed by atoms with Gasteiger partial charge in [-0.05, 0) is 74.7 Å². The number of rotatable bonds is 7. The van der Waals surface area contributed by atoms with Crippen molar-refractivity contribution in [2.75, 3.05) is 32.9 Å². The number of aryl methyl sites for hydroxylation is 3. The average Bonchev–Trinajstić information content (AvgIpc) is 3.66. The minimum Gasteiger partial charge on any atom is -0.466 e. The van der Waals surface area contributed by atoms with Crippen molar-refractivity contribution >= 4 is 38.4 Å². The molecule has 2 saturated heterocycles. The fourth-order valence-corrected chi connectivity index (χ4v) is 7.61. The first-order valence-electron chi connectivity index (χ1n) is 14.8. The predicted octanol–water partition coefficient (Wildman–Crippen LogP) is 6.43. The Morgan fingerprint density at radius 2 is 1.88 bits per heavy atom. The van der Waals surface area contributed by atoms with Gasteiger partial charge in [0.25, 0.3) is 0 Å². The zero-order valence-electron chi connectivity index (χ0n) is 24.6. The number of thiazole rings is 1. The van der Waals surface area contributed by atoms with Gasteiger partial charge in [-0.15, -0.1) is 11.3 Å². The van der Waals surface area contributed by atoms with E-state index in [-0.39, 0.29) is 12.4 Å². The topological polar surface area (TPSA) is 69.5 Å². The van der Waals surface area contributed by atoms with E-state index in [9.17, 15) is 4.79 Å². The Balaban J connectivity index is 1.32. The zero-order chi connectivity index (χ0) is 29.0. The van der Waals surface area contributed by atoms with Crippen LogP contribution >= 0.6 is 11.3 Å². The molecular weight excluding hydrogens is 544 g/mol. The molecule has 3 aromatic carbocycles. The van der Waals surface area contributed by atoms with Gasteiger partial charge in [-0.3, -0.25) is 14.4 Å². The number of nitrogens with zero attached hydrogens (tertiary/aromatic N) is 4. The van der Waals surface area contributed by atoms with Gasteiger partial charge in [0, 0.05) is 36.0 Å². The quantitative estimate of drug-likeness (QED) is 0.207. The van der Waals surface area contributed by atoms with Crippen molar-refractivity contribution in [3.63, 3.8) is 0 Å². The standard InChI is InChI=1S/C34H36N4O3S/c1-5-41-30(39)16-26-21(3)14-28-33(31(26)22-8-6-20(2)7-9-22)42-34(35-28)23-10-11-29-27(15-23)32(36-37(29)4)24-12-13-38(17-24)25-18-40-19-25/h6-11,14-15,24-25H,5,12-13,16-19H2,1-4H3. The van der Waals surface area contributed by atoms with E-state index in [1.54, 1.807) is 11.3 Å². The van der Waals surface area contributed by atoms with Crippen LogP contribution in [-0.4, -0.2) is 64.6 Å². The molecule has 0 radical (unpaired) electrons. The molecule has 4 heterocycles. The van der Waals surface area contributed by atoms with Crippen molar-refractivity contribution < 1.29 is 14.3 Å². The molecule has 0 N–H and O–H groups in total. The Bertz CT molecular complexity index is 1800. The fraction of sp³-hybridized carbons (Fsp3) is 0.382. The number of hydrogen-bond donors (Lipinski definition) is 0. The van der Waals surface area contributed by atoms with Crippen molar-refractivity contribution in [2.24, 2.45) is 7.05 Å². The van der Waals surface area contributed by atoms with Gasteiger partial charge >= 0.3 is 5.97 Å². The summed E-state index contributed by atoms with van der Waals surface area (Å²) in [4.78, 5) is 20.4. The van der Waals surface area contributed by atoms with Crippen LogP contribution in [0.4, 0.5) is 0 Å². The summed E-state index contributed by atoms with van der Waals surface area (Å²) in [5.74, 6) is 0.212. The molecule has 2 aliphatic heterocycles. The number of hydrogen-bond acceptors (Lipinski definition) is 7. The van der Waals surface area contributed by atoms with Crippen LogP contribution in [0.2, 0.25) is 0 Å². The maximum absolute atomic E-state index is 12.7. The molecule has 1 atom stereocenters. The highest BCUT2D eigenvalue weighted by atomic mass is 32.1. The fourth-order valence-electron chi connectivity index (χ4n) is 6.47. The molecule has 5 aromatic rings. The summed E-state index contributed by atoms with van der Waals surface area (Å²) in [6, 6.07) is 17.8. The molecule has 1 unspecified atom stereocenters. The van der Waals surface area contributed by atoms with Gasteiger partial charge in [-0.1, -0.05) is 29.8 Å². The zero-order valence-corrected chi connectivity index (χ0v) is 25.5. The van der Waals surface area contributed by atoms with Gasteiger partial charge < -0.3 is 9.47 Å². The summed E-state index contributed by atoms with van der Waals surface area (Å²) < 4.78 is 13.9. The van der Waals surface area contributed by atoms with Crippen LogP contribution in [-0.2, 0) is 27.7 Å². The number of carbonyl (C=O) groups is 1. The maximum atomic E-state index is 12.7. The van der Waals surface area contributed by atoms with Crippen LogP contribution in [0, 0.1) is 13.8 Å². The average molecular weight is 581 g/mol. The number of ether oxygens (including phenoxy) is 2. The number of aromatic nitrogens is 3. The molecule has 7 nitrogen and oxygen atoms in total. The van der Waals surface area contributed by atoms with Gasteiger partial charge in [-0.2, -0.15) is 5.10 Å². The third-order valence-electron chi connectivity index (χ3n) is 8.85. The van der Waals surface area contributed by atoms with Crippen molar-refractivity contribution in [3.8, 4) is 21.7 Å². The molecule has 0 aliphatic carbocycles. The van der Waals surface area contributed by atoms with Crippen LogP contribution in [0.25, 0.3) is 42.8 Å². The van der Waals surface area contributed by atoms with Crippen LogP contribution in [0.3, 0.4) is 0 Å². The maximum Gasteiger partial charge on any atom is 0.310 e. The van der Waals surface area contributed by atoms with E-state index in [1.807, 2.05) is 18.7 Å². The first kappa shape index (κ1) is 27.3. The van der Waals surface area contributed by atoms with Crippen LogP contribution < -0.4 is 0 Å².